The Kier molecular flexibility index (Phi) is 4.85. The lowest BCUT2D eigenvalue weighted by Gasteiger charge is -2.10. The van der Waals surface area contributed by atoms with Gasteiger partial charge >= 0.3 is 5.69 Å². The van der Waals surface area contributed by atoms with E-state index in [1.54, 1.807) is 7.05 Å². The first-order chi connectivity index (χ1) is 12.0. The van der Waals surface area contributed by atoms with Gasteiger partial charge in [0.05, 0.1) is 0 Å². The van der Waals surface area contributed by atoms with Crippen LogP contribution in [0.15, 0.2) is 39.9 Å². The van der Waals surface area contributed by atoms with Gasteiger partial charge in [-0.2, -0.15) is 0 Å². The summed E-state index contributed by atoms with van der Waals surface area (Å²) in [6.07, 6.45) is 0.610. The van der Waals surface area contributed by atoms with E-state index < -0.39 is 0 Å². The van der Waals surface area contributed by atoms with Crippen molar-refractivity contribution >= 4 is 11.2 Å². The van der Waals surface area contributed by atoms with E-state index in [-0.39, 0.29) is 11.2 Å². The first-order valence-electron chi connectivity index (χ1n) is 8.44. The molecule has 1 aromatic carbocycles. The Bertz CT molecular complexity index is 998. The summed E-state index contributed by atoms with van der Waals surface area (Å²) >= 11 is 0. The Morgan fingerprint density at radius 3 is 2.48 bits per heavy atom. The first kappa shape index (κ1) is 17.2. The van der Waals surface area contributed by atoms with E-state index >= 15 is 0 Å². The fraction of sp³-hybridized carbons (Fsp3) is 0.389. The summed E-state index contributed by atoms with van der Waals surface area (Å²) in [4.78, 5) is 29.5. The van der Waals surface area contributed by atoms with Crippen molar-refractivity contribution in [2.45, 2.75) is 19.9 Å². The van der Waals surface area contributed by atoms with Crippen molar-refractivity contribution in [2.24, 2.45) is 14.1 Å². The second kappa shape index (κ2) is 7.06. The fourth-order valence-electron chi connectivity index (χ4n) is 3.01. The Morgan fingerprint density at radius 1 is 1.08 bits per heavy atom. The molecule has 0 amide bonds. The summed E-state index contributed by atoms with van der Waals surface area (Å²) in [6.45, 7) is 4.26. The highest BCUT2D eigenvalue weighted by Crippen LogP contribution is 2.15. The third-order valence-electron chi connectivity index (χ3n) is 4.39. The van der Waals surface area contributed by atoms with E-state index in [0.29, 0.717) is 24.1 Å². The van der Waals surface area contributed by atoms with Crippen molar-refractivity contribution in [1.29, 1.82) is 0 Å². The van der Waals surface area contributed by atoms with Crippen molar-refractivity contribution in [3.05, 3.63) is 62.6 Å². The molecule has 25 heavy (non-hydrogen) atoms. The topological polar surface area (TPSA) is 73.8 Å². The highest BCUT2D eigenvalue weighted by atomic mass is 16.2. The number of fused-ring (bicyclic) bond motifs is 1. The smallest absolute Gasteiger partial charge is 0.321 e. The van der Waals surface area contributed by atoms with E-state index in [1.165, 1.54) is 11.6 Å². The van der Waals surface area contributed by atoms with Gasteiger partial charge in [-0.15, -0.1) is 0 Å². The summed E-state index contributed by atoms with van der Waals surface area (Å²) in [5.41, 5.74) is 1.37. The van der Waals surface area contributed by atoms with E-state index in [9.17, 15) is 9.59 Å². The third-order valence-corrected chi connectivity index (χ3v) is 4.39. The van der Waals surface area contributed by atoms with Gasteiger partial charge in [-0.05, 0) is 12.1 Å². The SMILES string of the molecule is CCNCCn1c(Cc2ccccc2)nc2c1c(=O)n(C)c(=O)n2C. The average molecular weight is 341 g/mol. The van der Waals surface area contributed by atoms with Crippen LogP contribution < -0.4 is 16.6 Å². The van der Waals surface area contributed by atoms with E-state index in [0.717, 1.165) is 29.0 Å². The Hall–Kier alpha value is -2.67. The molecule has 0 atom stereocenters. The predicted octanol–water partition coefficient (Wildman–Crippen LogP) is 0.634. The highest BCUT2D eigenvalue weighted by molar-refractivity contribution is 5.71. The molecular weight excluding hydrogens is 318 g/mol. The van der Waals surface area contributed by atoms with Gasteiger partial charge < -0.3 is 9.88 Å². The maximum Gasteiger partial charge on any atom is 0.332 e. The van der Waals surface area contributed by atoms with Crippen LogP contribution >= 0.6 is 0 Å². The van der Waals surface area contributed by atoms with Gasteiger partial charge in [-0.1, -0.05) is 37.3 Å². The number of imidazole rings is 1. The predicted molar refractivity (Wildman–Crippen MR) is 98.0 cm³/mol. The lowest BCUT2D eigenvalue weighted by atomic mass is 10.1. The minimum atomic E-state index is -0.361. The number of nitrogens with zero attached hydrogens (tertiary/aromatic N) is 4. The molecular formula is C18H23N5O2. The fourth-order valence-corrected chi connectivity index (χ4v) is 3.01. The summed E-state index contributed by atoms with van der Waals surface area (Å²) in [5, 5.41) is 3.28. The van der Waals surface area contributed by atoms with Gasteiger partial charge in [0.2, 0.25) is 0 Å². The molecule has 0 unspecified atom stereocenters. The molecule has 0 fully saturated rings. The zero-order valence-corrected chi connectivity index (χ0v) is 14.8. The summed E-state index contributed by atoms with van der Waals surface area (Å²) in [7, 11) is 3.15. The molecule has 7 heteroatoms. The standard InChI is InChI=1S/C18H23N5O2/c1-4-19-10-11-23-14(12-13-8-6-5-7-9-13)20-16-15(23)17(24)22(3)18(25)21(16)2/h5-9,19H,4,10-12H2,1-3H3. The number of aryl methyl sites for hydroxylation is 1. The minimum Gasteiger partial charge on any atom is -0.321 e. The number of hydrogen-bond donors (Lipinski definition) is 1. The average Bonchev–Trinajstić information content (AvgIpc) is 2.98. The van der Waals surface area contributed by atoms with Crippen LogP contribution in [-0.4, -0.2) is 31.8 Å². The lowest BCUT2D eigenvalue weighted by Crippen LogP contribution is -2.37. The van der Waals surface area contributed by atoms with E-state index in [4.69, 9.17) is 0 Å². The number of rotatable bonds is 6. The zero-order valence-electron chi connectivity index (χ0n) is 14.8. The third kappa shape index (κ3) is 3.15. The van der Waals surface area contributed by atoms with Gasteiger partial charge in [-0.25, -0.2) is 9.78 Å². The number of hydrogen-bond acceptors (Lipinski definition) is 4. The quantitative estimate of drug-likeness (QED) is 0.668. The molecule has 0 radical (unpaired) electrons. The molecule has 3 rings (SSSR count). The summed E-state index contributed by atoms with van der Waals surface area (Å²) in [5.74, 6) is 0.789. The monoisotopic (exact) mass is 341 g/mol. The molecule has 132 valence electrons. The number of nitrogens with one attached hydrogen (secondary N) is 1. The van der Waals surface area contributed by atoms with Gasteiger partial charge in [0.15, 0.2) is 11.2 Å². The number of aromatic nitrogens is 4. The zero-order chi connectivity index (χ0) is 18.0. The van der Waals surface area contributed by atoms with Gasteiger partial charge in [-0.3, -0.25) is 13.9 Å². The molecule has 0 saturated heterocycles. The van der Waals surface area contributed by atoms with E-state index in [1.807, 2.05) is 41.8 Å². The maximum absolute atomic E-state index is 12.7. The van der Waals surface area contributed by atoms with Crippen LogP contribution in [-0.2, 0) is 27.1 Å². The number of benzene rings is 1. The summed E-state index contributed by atoms with van der Waals surface area (Å²) < 4.78 is 4.52. The van der Waals surface area contributed by atoms with Crippen LogP contribution in [0.4, 0.5) is 0 Å². The molecule has 0 aliphatic rings. The van der Waals surface area contributed by atoms with Crippen LogP contribution in [0.25, 0.3) is 11.2 Å². The van der Waals surface area contributed by atoms with Crippen molar-refractivity contribution in [3.8, 4) is 0 Å². The van der Waals surface area contributed by atoms with Crippen molar-refractivity contribution in [3.63, 3.8) is 0 Å². The molecule has 0 aliphatic carbocycles. The number of likely N-dealkylation sites (N-methyl/N-ethyl adjacent to an activating group) is 1. The lowest BCUT2D eigenvalue weighted by molar-refractivity contribution is 0.603. The second-order valence-electron chi connectivity index (χ2n) is 6.07. The van der Waals surface area contributed by atoms with Gasteiger partial charge in [0, 0.05) is 33.6 Å². The normalized spacial score (nSPS) is 11.3. The Morgan fingerprint density at radius 2 is 1.80 bits per heavy atom. The maximum atomic E-state index is 12.7. The molecule has 0 aliphatic heterocycles. The highest BCUT2D eigenvalue weighted by Gasteiger charge is 2.18. The minimum absolute atomic E-state index is 0.304. The molecule has 3 aromatic rings. The van der Waals surface area contributed by atoms with Gasteiger partial charge in [0.25, 0.3) is 5.56 Å². The first-order valence-corrected chi connectivity index (χ1v) is 8.44. The Labute approximate surface area is 145 Å². The van der Waals surface area contributed by atoms with Gasteiger partial charge in [0.1, 0.15) is 5.82 Å². The molecule has 1 N–H and O–H groups in total. The molecule has 0 bridgehead atoms. The molecule has 2 aromatic heterocycles. The molecule has 0 saturated carbocycles. The van der Waals surface area contributed by atoms with Crippen LogP contribution in [0.3, 0.4) is 0 Å². The van der Waals surface area contributed by atoms with Crippen molar-refractivity contribution in [1.82, 2.24) is 24.0 Å². The van der Waals surface area contributed by atoms with Crippen LogP contribution in [0.1, 0.15) is 18.3 Å². The summed E-state index contributed by atoms with van der Waals surface area (Å²) in [6, 6.07) is 10.00. The van der Waals surface area contributed by atoms with E-state index in [2.05, 4.69) is 10.3 Å². The molecule has 2 heterocycles. The second-order valence-corrected chi connectivity index (χ2v) is 6.07. The van der Waals surface area contributed by atoms with Crippen molar-refractivity contribution in [2.75, 3.05) is 13.1 Å². The molecule has 0 spiro atoms. The van der Waals surface area contributed by atoms with Crippen molar-refractivity contribution < 1.29 is 0 Å². The molecule has 7 nitrogen and oxygen atoms in total. The van der Waals surface area contributed by atoms with Crippen LogP contribution in [0, 0.1) is 0 Å². The van der Waals surface area contributed by atoms with Crippen LogP contribution in [0.2, 0.25) is 0 Å². The largest absolute Gasteiger partial charge is 0.332 e. The Balaban J connectivity index is 2.19. The van der Waals surface area contributed by atoms with Crippen LogP contribution in [0.5, 0.6) is 0 Å².